The van der Waals surface area contributed by atoms with Gasteiger partial charge in [0, 0.05) is 21.5 Å². The maximum absolute atomic E-state index is 13.1. The van der Waals surface area contributed by atoms with E-state index in [0.29, 0.717) is 8.95 Å². The van der Waals surface area contributed by atoms with Crippen LogP contribution in [0.3, 0.4) is 0 Å². The molecule has 33 heavy (non-hydrogen) atoms. The Bertz CT molecular complexity index is 1180. The molecule has 0 spiro atoms. The summed E-state index contributed by atoms with van der Waals surface area (Å²) in [5.41, 5.74) is -1.47. The number of rotatable bonds is 6. The lowest BCUT2D eigenvalue weighted by atomic mass is 10.1. The van der Waals surface area contributed by atoms with Gasteiger partial charge in [-0.05, 0) is 52.7 Å². The predicted molar refractivity (Wildman–Crippen MR) is 123 cm³/mol. The van der Waals surface area contributed by atoms with E-state index in [2.05, 4.69) is 53.8 Å². The van der Waals surface area contributed by atoms with E-state index in [1.165, 1.54) is 18.2 Å². The second-order valence-corrected chi connectivity index (χ2v) is 10.6. The van der Waals surface area contributed by atoms with Gasteiger partial charge < -0.3 is 10.1 Å². The van der Waals surface area contributed by atoms with E-state index in [9.17, 15) is 26.4 Å². The highest BCUT2D eigenvalue weighted by Crippen LogP contribution is 2.34. The third-order valence-corrected chi connectivity index (χ3v) is 7.72. The number of anilines is 1. The first-order chi connectivity index (χ1) is 15.4. The zero-order valence-corrected chi connectivity index (χ0v) is 20.7. The first kappa shape index (κ1) is 25.7. The van der Waals surface area contributed by atoms with Gasteiger partial charge in [-0.15, -0.1) is 0 Å². The maximum atomic E-state index is 13.1. The van der Waals surface area contributed by atoms with Crippen molar-refractivity contribution >= 4 is 53.7 Å². The normalized spacial score (nSPS) is 18.7. The van der Waals surface area contributed by atoms with Crippen molar-refractivity contribution in [3.05, 3.63) is 69.3 Å². The third kappa shape index (κ3) is 6.57. The smallest absolute Gasteiger partial charge is 0.414 e. The van der Waals surface area contributed by atoms with Crippen LogP contribution in [0, 0.1) is 0 Å². The number of carbonyl (C=O) groups excluding carboxylic acids is 1. The van der Waals surface area contributed by atoms with Crippen LogP contribution in [0.15, 0.2) is 68.6 Å². The Morgan fingerprint density at radius 2 is 1.88 bits per heavy atom. The van der Waals surface area contributed by atoms with Crippen LogP contribution in [0.25, 0.3) is 0 Å². The van der Waals surface area contributed by atoms with Crippen molar-refractivity contribution in [1.82, 2.24) is 10.0 Å². The standard InChI is InChI=1S/C20H18Br2F3N3O4S/c1-11(32-19(29)27-16-5-3-2-4-14(16)20(23,24)25)17-9-13(10-26-17)28-33(30,31)18-8-12(21)6-7-15(18)22/h2-8,13,17,26,28H,1,9-10H2,(H,27,29)/t13-,17-/m1/s1. The number of para-hydroxylation sites is 1. The fourth-order valence-corrected chi connectivity index (χ4v) is 5.95. The number of sulfonamides is 1. The van der Waals surface area contributed by atoms with Gasteiger partial charge >= 0.3 is 12.3 Å². The number of hydrogen-bond acceptors (Lipinski definition) is 5. The van der Waals surface area contributed by atoms with Gasteiger partial charge in [-0.3, -0.25) is 5.32 Å². The van der Waals surface area contributed by atoms with Gasteiger partial charge in [0.15, 0.2) is 0 Å². The van der Waals surface area contributed by atoms with Crippen molar-refractivity contribution in [2.45, 2.75) is 29.6 Å². The van der Waals surface area contributed by atoms with Crippen LogP contribution in [0.5, 0.6) is 0 Å². The summed E-state index contributed by atoms with van der Waals surface area (Å²) in [4.78, 5) is 12.2. The molecule has 3 rings (SSSR count). The fourth-order valence-electron chi connectivity index (χ4n) is 3.20. The van der Waals surface area contributed by atoms with Crippen molar-refractivity contribution in [3.8, 4) is 0 Å². The molecule has 1 amide bonds. The van der Waals surface area contributed by atoms with Gasteiger partial charge in [-0.2, -0.15) is 13.2 Å². The molecule has 2 atom stereocenters. The molecule has 0 unspecified atom stereocenters. The topological polar surface area (TPSA) is 96.5 Å². The predicted octanol–water partition coefficient (Wildman–Crippen LogP) is 5.00. The third-order valence-electron chi connectivity index (χ3n) is 4.72. The molecule has 178 valence electrons. The van der Waals surface area contributed by atoms with E-state index in [-0.39, 0.29) is 23.6 Å². The maximum Gasteiger partial charge on any atom is 0.418 e. The van der Waals surface area contributed by atoms with E-state index in [4.69, 9.17) is 4.74 Å². The minimum Gasteiger partial charge on any atom is -0.414 e. The Morgan fingerprint density at radius 1 is 1.18 bits per heavy atom. The first-order valence-electron chi connectivity index (χ1n) is 9.41. The number of carbonyl (C=O) groups is 1. The van der Waals surface area contributed by atoms with Gasteiger partial charge in [0.1, 0.15) is 5.76 Å². The quantitative estimate of drug-likeness (QED) is 0.399. The molecule has 1 heterocycles. The van der Waals surface area contributed by atoms with Gasteiger partial charge in [-0.25, -0.2) is 17.9 Å². The molecule has 3 N–H and O–H groups in total. The summed E-state index contributed by atoms with van der Waals surface area (Å²) in [5.74, 6) is -0.0534. The van der Waals surface area contributed by atoms with Gasteiger partial charge in [-0.1, -0.05) is 34.6 Å². The van der Waals surface area contributed by atoms with Crippen molar-refractivity contribution in [3.63, 3.8) is 0 Å². The second-order valence-electron chi connectivity index (χ2n) is 7.11. The first-order valence-corrected chi connectivity index (χ1v) is 12.5. The molecule has 0 bridgehead atoms. The van der Waals surface area contributed by atoms with Crippen LogP contribution < -0.4 is 15.4 Å². The lowest BCUT2D eigenvalue weighted by Crippen LogP contribution is -2.36. The van der Waals surface area contributed by atoms with E-state index in [1.807, 2.05) is 0 Å². The highest BCUT2D eigenvalue weighted by Gasteiger charge is 2.35. The van der Waals surface area contributed by atoms with Gasteiger partial charge in [0.2, 0.25) is 10.0 Å². The van der Waals surface area contributed by atoms with Crippen molar-refractivity contribution in [2.75, 3.05) is 11.9 Å². The lowest BCUT2D eigenvalue weighted by molar-refractivity contribution is -0.136. The number of ether oxygens (including phenoxy) is 1. The number of benzene rings is 2. The SMILES string of the molecule is C=C(OC(=O)Nc1ccccc1C(F)(F)F)[C@H]1C[C@@H](NS(=O)(=O)c2cc(Br)ccc2Br)CN1. The molecule has 13 heteroatoms. The average molecular weight is 613 g/mol. The molecule has 0 radical (unpaired) electrons. The molecule has 0 aromatic heterocycles. The molecule has 1 aliphatic heterocycles. The van der Waals surface area contributed by atoms with Crippen LogP contribution in [0.1, 0.15) is 12.0 Å². The summed E-state index contributed by atoms with van der Waals surface area (Å²) in [6.07, 6.45) is -5.57. The Labute approximate surface area is 205 Å². The van der Waals surface area contributed by atoms with Crippen LogP contribution in [0.2, 0.25) is 0 Å². The molecule has 1 saturated heterocycles. The number of halogens is 5. The zero-order valence-electron chi connectivity index (χ0n) is 16.7. The van der Waals surface area contributed by atoms with Crippen LogP contribution >= 0.6 is 31.9 Å². The fraction of sp³-hybridized carbons (Fsp3) is 0.250. The van der Waals surface area contributed by atoms with Crippen molar-refractivity contribution in [2.24, 2.45) is 0 Å². The molecule has 0 aliphatic carbocycles. The highest BCUT2D eigenvalue weighted by atomic mass is 79.9. The Morgan fingerprint density at radius 3 is 2.58 bits per heavy atom. The summed E-state index contributed by atoms with van der Waals surface area (Å²) in [5, 5.41) is 5.04. The molecule has 2 aromatic carbocycles. The summed E-state index contributed by atoms with van der Waals surface area (Å²) < 4.78 is 73.3. The molecule has 0 saturated carbocycles. The summed E-state index contributed by atoms with van der Waals surface area (Å²) in [7, 11) is -3.85. The Hall–Kier alpha value is -1.93. The number of hydrogen-bond donors (Lipinski definition) is 3. The van der Waals surface area contributed by atoms with Crippen LogP contribution in [-0.4, -0.2) is 33.1 Å². The van der Waals surface area contributed by atoms with Crippen LogP contribution in [0.4, 0.5) is 23.7 Å². The number of nitrogens with one attached hydrogen (secondary N) is 3. The second kappa shape index (κ2) is 10.1. The number of amides is 1. The van der Waals surface area contributed by atoms with Crippen LogP contribution in [-0.2, 0) is 20.9 Å². The molecule has 7 nitrogen and oxygen atoms in total. The highest BCUT2D eigenvalue weighted by molar-refractivity contribution is 9.11. The summed E-state index contributed by atoms with van der Waals surface area (Å²) in [6, 6.07) is 8.11. The lowest BCUT2D eigenvalue weighted by Gasteiger charge is -2.17. The summed E-state index contributed by atoms with van der Waals surface area (Å²) >= 11 is 6.46. The van der Waals surface area contributed by atoms with E-state index < -0.39 is 45.6 Å². The molecule has 2 aromatic rings. The van der Waals surface area contributed by atoms with Crippen molar-refractivity contribution < 1.29 is 31.1 Å². The monoisotopic (exact) mass is 611 g/mol. The van der Waals surface area contributed by atoms with E-state index in [0.717, 1.165) is 12.1 Å². The Kier molecular flexibility index (Phi) is 7.89. The summed E-state index contributed by atoms with van der Waals surface area (Å²) in [6.45, 7) is 3.88. The Balaban J connectivity index is 1.59. The average Bonchev–Trinajstić information content (AvgIpc) is 3.17. The van der Waals surface area contributed by atoms with E-state index in [1.54, 1.807) is 12.1 Å². The minimum absolute atomic E-state index is 0.0534. The largest absolute Gasteiger partial charge is 0.418 e. The molecule has 1 fully saturated rings. The molecule has 1 aliphatic rings. The van der Waals surface area contributed by atoms with Gasteiger partial charge in [0.25, 0.3) is 0 Å². The molecular formula is C20H18Br2F3N3O4S. The minimum atomic E-state index is -4.65. The van der Waals surface area contributed by atoms with Crippen molar-refractivity contribution in [1.29, 1.82) is 0 Å². The van der Waals surface area contributed by atoms with Gasteiger partial charge in [0.05, 0.1) is 22.2 Å². The van der Waals surface area contributed by atoms with E-state index >= 15 is 0 Å². The molecular weight excluding hydrogens is 595 g/mol. The zero-order chi connectivity index (χ0) is 24.4. The number of alkyl halides is 3.